The van der Waals surface area contributed by atoms with Crippen molar-refractivity contribution in [2.75, 3.05) is 18.5 Å². The second-order valence-corrected chi connectivity index (χ2v) is 4.03. The molecular formula is C9H14BrN3O2. The molecule has 1 aromatic heterocycles. The lowest BCUT2D eigenvalue weighted by atomic mass is 10.3. The Morgan fingerprint density at radius 1 is 1.40 bits per heavy atom. The Balaban J connectivity index is 2.76. The standard InChI is InChI=1S/C9H14BrN3O2/c1-5-8(10)9(13-6(2)12-5)11-3-7(15)4-14/h7,14-15H,3-4H2,1-2H3,(H,11,12,13). The minimum atomic E-state index is -0.785. The zero-order valence-electron chi connectivity index (χ0n) is 8.66. The molecule has 5 nitrogen and oxygen atoms in total. The quantitative estimate of drug-likeness (QED) is 0.751. The van der Waals surface area contributed by atoms with Crippen molar-refractivity contribution in [2.24, 2.45) is 0 Å². The van der Waals surface area contributed by atoms with Gasteiger partial charge in [-0.2, -0.15) is 0 Å². The fourth-order valence-corrected chi connectivity index (χ4v) is 1.41. The number of anilines is 1. The van der Waals surface area contributed by atoms with Crippen molar-refractivity contribution in [2.45, 2.75) is 20.0 Å². The molecule has 1 atom stereocenters. The van der Waals surface area contributed by atoms with Crippen LogP contribution in [0, 0.1) is 13.8 Å². The molecule has 1 unspecified atom stereocenters. The van der Waals surface area contributed by atoms with Crippen molar-refractivity contribution >= 4 is 21.7 Å². The lowest BCUT2D eigenvalue weighted by molar-refractivity contribution is 0.105. The van der Waals surface area contributed by atoms with Gasteiger partial charge in [0.05, 0.1) is 22.9 Å². The zero-order valence-corrected chi connectivity index (χ0v) is 10.2. The molecule has 0 amide bonds. The van der Waals surface area contributed by atoms with Crippen LogP contribution < -0.4 is 5.32 Å². The van der Waals surface area contributed by atoms with Crippen molar-refractivity contribution in [1.82, 2.24) is 9.97 Å². The molecule has 0 aliphatic rings. The molecule has 1 aromatic rings. The lowest BCUT2D eigenvalue weighted by Gasteiger charge is -2.12. The van der Waals surface area contributed by atoms with E-state index in [4.69, 9.17) is 5.11 Å². The monoisotopic (exact) mass is 275 g/mol. The maximum atomic E-state index is 9.18. The molecule has 0 fully saturated rings. The van der Waals surface area contributed by atoms with Gasteiger partial charge in [0, 0.05) is 6.54 Å². The molecule has 0 saturated carbocycles. The Morgan fingerprint density at radius 2 is 2.07 bits per heavy atom. The van der Waals surface area contributed by atoms with Crippen LogP contribution in [0.5, 0.6) is 0 Å². The summed E-state index contributed by atoms with van der Waals surface area (Å²) in [6.45, 7) is 3.65. The van der Waals surface area contributed by atoms with Crippen LogP contribution in [0.3, 0.4) is 0 Å². The Hall–Kier alpha value is -0.720. The summed E-state index contributed by atoms with van der Waals surface area (Å²) in [6.07, 6.45) is -0.785. The van der Waals surface area contributed by atoms with Crippen molar-refractivity contribution in [1.29, 1.82) is 0 Å². The van der Waals surface area contributed by atoms with Crippen LogP contribution in [0.2, 0.25) is 0 Å². The molecule has 1 rings (SSSR count). The summed E-state index contributed by atoms with van der Waals surface area (Å²) in [5.74, 6) is 1.30. The summed E-state index contributed by atoms with van der Waals surface area (Å²) in [4.78, 5) is 8.35. The summed E-state index contributed by atoms with van der Waals surface area (Å²) >= 11 is 3.35. The number of aromatic nitrogens is 2. The van der Waals surface area contributed by atoms with Crippen LogP contribution in [-0.2, 0) is 0 Å². The first-order valence-corrected chi connectivity index (χ1v) is 5.37. The van der Waals surface area contributed by atoms with Crippen molar-refractivity contribution in [3.8, 4) is 0 Å². The molecule has 3 N–H and O–H groups in total. The number of nitrogens with zero attached hydrogens (tertiary/aromatic N) is 2. The molecule has 0 saturated heterocycles. The van der Waals surface area contributed by atoms with Crippen molar-refractivity contribution < 1.29 is 10.2 Å². The second-order valence-electron chi connectivity index (χ2n) is 3.24. The molecule has 84 valence electrons. The van der Waals surface area contributed by atoms with Gasteiger partial charge < -0.3 is 15.5 Å². The predicted molar refractivity (Wildman–Crippen MR) is 60.8 cm³/mol. The highest BCUT2D eigenvalue weighted by molar-refractivity contribution is 9.10. The molecule has 0 bridgehead atoms. The molecule has 6 heteroatoms. The van der Waals surface area contributed by atoms with Crippen LogP contribution >= 0.6 is 15.9 Å². The maximum Gasteiger partial charge on any atom is 0.144 e. The van der Waals surface area contributed by atoms with Gasteiger partial charge in [0.1, 0.15) is 11.6 Å². The Kier molecular flexibility index (Phi) is 4.44. The molecule has 15 heavy (non-hydrogen) atoms. The Labute approximate surface area is 96.7 Å². The van der Waals surface area contributed by atoms with E-state index in [1.54, 1.807) is 6.92 Å². The number of halogens is 1. The van der Waals surface area contributed by atoms with E-state index in [0.717, 1.165) is 10.2 Å². The highest BCUT2D eigenvalue weighted by Crippen LogP contribution is 2.22. The van der Waals surface area contributed by atoms with Gasteiger partial charge in [-0.3, -0.25) is 0 Å². The third kappa shape index (κ3) is 3.40. The van der Waals surface area contributed by atoms with Gasteiger partial charge in [0.25, 0.3) is 0 Å². The number of nitrogens with one attached hydrogen (secondary N) is 1. The third-order valence-electron chi connectivity index (χ3n) is 1.84. The smallest absolute Gasteiger partial charge is 0.144 e. The lowest BCUT2D eigenvalue weighted by Crippen LogP contribution is -2.23. The van der Waals surface area contributed by atoms with Gasteiger partial charge in [0.15, 0.2) is 0 Å². The third-order valence-corrected chi connectivity index (χ3v) is 2.79. The minimum Gasteiger partial charge on any atom is -0.394 e. The molecule has 0 aliphatic carbocycles. The number of aliphatic hydroxyl groups is 2. The SMILES string of the molecule is Cc1nc(C)c(Br)c(NCC(O)CO)n1. The van der Waals surface area contributed by atoms with Gasteiger partial charge in [0.2, 0.25) is 0 Å². The van der Waals surface area contributed by atoms with Gasteiger partial charge in [-0.1, -0.05) is 0 Å². The fourth-order valence-electron chi connectivity index (χ4n) is 1.10. The van der Waals surface area contributed by atoms with E-state index in [2.05, 4.69) is 31.2 Å². The summed E-state index contributed by atoms with van der Waals surface area (Å²) in [7, 11) is 0. The first-order chi connectivity index (χ1) is 7.04. The molecule has 0 radical (unpaired) electrons. The van der Waals surface area contributed by atoms with Gasteiger partial charge in [-0.05, 0) is 29.8 Å². The van der Waals surface area contributed by atoms with E-state index in [1.807, 2.05) is 6.92 Å². The number of hydrogen-bond acceptors (Lipinski definition) is 5. The molecular weight excluding hydrogens is 262 g/mol. The van der Waals surface area contributed by atoms with Crippen LogP contribution in [-0.4, -0.2) is 39.4 Å². The summed E-state index contributed by atoms with van der Waals surface area (Å²) in [5.41, 5.74) is 0.837. The topological polar surface area (TPSA) is 78.3 Å². The largest absolute Gasteiger partial charge is 0.394 e. The van der Waals surface area contributed by atoms with E-state index >= 15 is 0 Å². The van der Waals surface area contributed by atoms with Crippen LogP contribution in [0.15, 0.2) is 4.47 Å². The summed E-state index contributed by atoms with van der Waals surface area (Å²) in [5, 5.41) is 20.8. The number of aryl methyl sites for hydroxylation is 2. The van der Waals surface area contributed by atoms with E-state index < -0.39 is 6.10 Å². The number of aliphatic hydroxyl groups excluding tert-OH is 2. The van der Waals surface area contributed by atoms with E-state index in [0.29, 0.717) is 11.6 Å². The highest BCUT2D eigenvalue weighted by Gasteiger charge is 2.08. The fraction of sp³-hybridized carbons (Fsp3) is 0.556. The highest BCUT2D eigenvalue weighted by atomic mass is 79.9. The van der Waals surface area contributed by atoms with E-state index in [-0.39, 0.29) is 13.2 Å². The van der Waals surface area contributed by atoms with Gasteiger partial charge >= 0.3 is 0 Å². The molecule has 1 heterocycles. The second kappa shape index (κ2) is 5.39. The summed E-state index contributed by atoms with van der Waals surface area (Å²) in [6, 6.07) is 0. The molecule has 0 spiro atoms. The Morgan fingerprint density at radius 3 is 2.67 bits per heavy atom. The molecule has 0 aromatic carbocycles. The number of rotatable bonds is 4. The molecule has 0 aliphatic heterocycles. The van der Waals surface area contributed by atoms with E-state index in [9.17, 15) is 5.11 Å². The first-order valence-electron chi connectivity index (χ1n) is 4.58. The normalized spacial score (nSPS) is 12.6. The number of hydrogen-bond donors (Lipinski definition) is 3. The van der Waals surface area contributed by atoms with E-state index in [1.165, 1.54) is 0 Å². The summed E-state index contributed by atoms with van der Waals surface area (Å²) < 4.78 is 0.776. The minimum absolute atomic E-state index is 0.255. The van der Waals surface area contributed by atoms with Crippen molar-refractivity contribution in [3.63, 3.8) is 0 Å². The van der Waals surface area contributed by atoms with Crippen molar-refractivity contribution in [3.05, 3.63) is 16.0 Å². The van der Waals surface area contributed by atoms with Crippen LogP contribution in [0.1, 0.15) is 11.5 Å². The first kappa shape index (κ1) is 12.4. The van der Waals surface area contributed by atoms with Gasteiger partial charge in [-0.25, -0.2) is 9.97 Å². The van der Waals surface area contributed by atoms with Crippen LogP contribution in [0.25, 0.3) is 0 Å². The predicted octanol–water partition coefficient (Wildman–Crippen LogP) is 0.621. The maximum absolute atomic E-state index is 9.18. The van der Waals surface area contributed by atoms with Gasteiger partial charge in [-0.15, -0.1) is 0 Å². The average Bonchev–Trinajstić information content (AvgIpc) is 2.20. The van der Waals surface area contributed by atoms with Crippen LogP contribution in [0.4, 0.5) is 5.82 Å². The Bertz CT molecular complexity index is 346. The average molecular weight is 276 g/mol. The zero-order chi connectivity index (χ0) is 11.4.